The lowest BCUT2D eigenvalue weighted by Gasteiger charge is -2.07. The first-order valence-electron chi connectivity index (χ1n) is 7.99. The molecule has 0 aliphatic heterocycles. The predicted molar refractivity (Wildman–Crippen MR) is 101 cm³/mol. The Kier molecular flexibility index (Phi) is 6.16. The Morgan fingerprint density at radius 3 is 2.59 bits per heavy atom. The monoisotopic (exact) mass is 407 g/mol. The van der Waals surface area contributed by atoms with Gasteiger partial charge in [0.1, 0.15) is 11.5 Å². The average Bonchev–Trinajstić information content (AvgIpc) is 3.10. The van der Waals surface area contributed by atoms with Gasteiger partial charge in [0.25, 0.3) is 5.91 Å². The Morgan fingerprint density at radius 2 is 1.89 bits per heavy atom. The Balaban J connectivity index is 1.57. The number of halogens is 2. The van der Waals surface area contributed by atoms with E-state index in [1.54, 1.807) is 36.4 Å². The van der Waals surface area contributed by atoms with Crippen molar-refractivity contribution < 1.29 is 18.7 Å². The van der Waals surface area contributed by atoms with E-state index < -0.39 is 5.91 Å². The molecule has 9 heteroatoms. The number of amides is 1. The van der Waals surface area contributed by atoms with E-state index in [0.717, 1.165) is 5.75 Å². The summed E-state index contributed by atoms with van der Waals surface area (Å²) in [4.78, 5) is 12.0. The Labute approximate surface area is 165 Å². The fourth-order valence-electron chi connectivity index (χ4n) is 2.14. The van der Waals surface area contributed by atoms with Gasteiger partial charge in [-0.3, -0.25) is 10.1 Å². The highest BCUT2D eigenvalue weighted by Gasteiger charge is 2.13. The quantitative estimate of drug-likeness (QED) is 0.621. The third-order valence-electron chi connectivity index (χ3n) is 3.34. The molecule has 0 spiro atoms. The number of carbonyl (C=O) groups excluding carboxylic acids is 1. The molecular weight excluding hydrogens is 393 g/mol. The zero-order valence-electron chi connectivity index (χ0n) is 14.2. The molecule has 0 atom stereocenters. The van der Waals surface area contributed by atoms with Crippen LogP contribution in [0.2, 0.25) is 10.0 Å². The minimum absolute atomic E-state index is 0.0327. The van der Waals surface area contributed by atoms with Crippen LogP contribution in [0, 0.1) is 0 Å². The van der Waals surface area contributed by atoms with Crippen LogP contribution >= 0.6 is 23.2 Å². The summed E-state index contributed by atoms with van der Waals surface area (Å²) >= 11 is 11.8. The van der Waals surface area contributed by atoms with Crippen LogP contribution in [0.4, 0.5) is 6.01 Å². The average molecular weight is 408 g/mol. The number of anilines is 1. The third-order valence-corrected chi connectivity index (χ3v) is 3.87. The fourth-order valence-corrected chi connectivity index (χ4v) is 2.60. The summed E-state index contributed by atoms with van der Waals surface area (Å²) < 4.78 is 16.2. The number of hydrogen-bond donors (Lipinski definition) is 1. The van der Waals surface area contributed by atoms with E-state index in [1.807, 2.05) is 6.92 Å². The molecule has 0 saturated carbocycles. The van der Waals surface area contributed by atoms with Crippen LogP contribution in [0.15, 0.2) is 46.9 Å². The van der Waals surface area contributed by atoms with Crippen molar-refractivity contribution in [1.29, 1.82) is 0 Å². The first-order chi connectivity index (χ1) is 13.0. The van der Waals surface area contributed by atoms with E-state index in [1.165, 1.54) is 6.07 Å². The van der Waals surface area contributed by atoms with Crippen LogP contribution < -0.4 is 14.8 Å². The molecule has 0 fully saturated rings. The fraction of sp³-hybridized carbons (Fsp3) is 0.167. The van der Waals surface area contributed by atoms with Gasteiger partial charge in [-0.25, -0.2) is 0 Å². The van der Waals surface area contributed by atoms with E-state index >= 15 is 0 Å². The summed E-state index contributed by atoms with van der Waals surface area (Å²) in [6, 6.07) is 11.9. The molecule has 3 rings (SSSR count). The second-order valence-corrected chi connectivity index (χ2v) is 6.12. The lowest BCUT2D eigenvalue weighted by atomic mass is 10.2. The molecule has 0 saturated heterocycles. The summed E-state index contributed by atoms with van der Waals surface area (Å²) in [6.07, 6.45) is 0. The lowest BCUT2D eigenvalue weighted by Crippen LogP contribution is -2.20. The second-order valence-electron chi connectivity index (χ2n) is 5.28. The van der Waals surface area contributed by atoms with Crippen LogP contribution in [0.1, 0.15) is 6.92 Å². The number of aromatic nitrogens is 2. The molecule has 0 radical (unpaired) electrons. The minimum atomic E-state index is -0.470. The maximum absolute atomic E-state index is 12.0. The number of carbonyl (C=O) groups is 1. The molecule has 0 aliphatic rings. The number of nitrogens with zero attached hydrogens (tertiary/aromatic N) is 2. The van der Waals surface area contributed by atoms with Gasteiger partial charge in [0.05, 0.1) is 11.6 Å². The van der Waals surface area contributed by atoms with Gasteiger partial charge >= 0.3 is 6.01 Å². The molecule has 1 N–H and O–H groups in total. The van der Waals surface area contributed by atoms with E-state index in [4.69, 9.17) is 37.1 Å². The molecule has 2 aromatic carbocycles. The Morgan fingerprint density at radius 1 is 1.11 bits per heavy atom. The highest BCUT2D eigenvalue weighted by atomic mass is 35.5. The number of hydrogen-bond acceptors (Lipinski definition) is 6. The normalized spacial score (nSPS) is 10.5. The van der Waals surface area contributed by atoms with Gasteiger partial charge in [-0.1, -0.05) is 28.3 Å². The standard InChI is InChI=1S/C18H15Cl2N3O4/c1-2-25-13-6-3-11(4-7-13)17-22-23-18(27-17)21-16(24)10-26-15-8-5-12(19)9-14(15)20/h3-9H,2,10H2,1H3,(H,21,23,24). The van der Waals surface area contributed by atoms with E-state index in [-0.39, 0.29) is 18.5 Å². The summed E-state index contributed by atoms with van der Waals surface area (Å²) in [6.45, 7) is 2.22. The van der Waals surface area contributed by atoms with Crippen molar-refractivity contribution in [2.24, 2.45) is 0 Å². The SMILES string of the molecule is CCOc1ccc(-c2nnc(NC(=O)COc3ccc(Cl)cc3Cl)o2)cc1. The van der Waals surface area contributed by atoms with E-state index in [9.17, 15) is 4.79 Å². The zero-order valence-corrected chi connectivity index (χ0v) is 15.8. The summed E-state index contributed by atoms with van der Waals surface area (Å²) in [5.41, 5.74) is 0.704. The van der Waals surface area contributed by atoms with Gasteiger partial charge in [0, 0.05) is 10.6 Å². The van der Waals surface area contributed by atoms with Gasteiger partial charge in [-0.15, -0.1) is 5.10 Å². The van der Waals surface area contributed by atoms with Gasteiger partial charge < -0.3 is 13.9 Å². The molecule has 0 unspecified atom stereocenters. The van der Waals surface area contributed by atoms with Gasteiger partial charge in [0.2, 0.25) is 5.89 Å². The second kappa shape index (κ2) is 8.75. The highest BCUT2D eigenvalue weighted by Crippen LogP contribution is 2.27. The minimum Gasteiger partial charge on any atom is -0.494 e. The molecule has 1 heterocycles. The number of benzene rings is 2. The van der Waals surface area contributed by atoms with Crippen molar-refractivity contribution in [1.82, 2.24) is 10.2 Å². The van der Waals surface area contributed by atoms with Crippen LogP contribution in [0.25, 0.3) is 11.5 Å². The molecule has 1 amide bonds. The summed E-state index contributed by atoms with van der Waals surface area (Å²) in [5.74, 6) is 0.891. The van der Waals surface area contributed by atoms with Gasteiger partial charge in [-0.2, -0.15) is 0 Å². The first-order valence-corrected chi connectivity index (χ1v) is 8.75. The highest BCUT2D eigenvalue weighted by molar-refractivity contribution is 6.35. The molecule has 7 nitrogen and oxygen atoms in total. The van der Waals surface area contributed by atoms with Crippen molar-refractivity contribution in [3.8, 4) is 23.0 Å². The Hall–Kier alpha value is -2.77. The van der Waals surface area contributed by atoms with Crippen LogP contribution in [-0.4, -0.2) is 29.3 Å². The Bertz CT molecular complexity index is 929. The van der Waals surface area contributed by atoms with E-state index in [0.29, 0.717) is 28.0 Å². The topological polar surface area (TPSA) is 86.5 Å². The summed E-state index contributed by atoms with van der Waals surface area (Å²) in [7, 11) is 0. The molecular formula is C18H15Cl2N3O4. The van der Waals surface area contributed by atoms with Crippen molar-refractivity contribution in [2.45, 2.75) is 6.92 Å². The van der Waals surface area contributed by atoms with Crippen LogP contribution in [0.5, 0.6) is 11.5 Å². The zero-order chi connectivity index (χ0) is 19.2. The lowest BCUT2D eigenvalue weighted by molar-refractivity contribution is -0.118. The van der Waals surface area contributed by atoms with Gasteiger partial charge in [0.15, 0.2) is 6.61 Å². The number of ether oxygens (including phenoxy) is 2. The van der Waals surface area contributed by atoms with Gasteiger partial charge in [-0.05, 0) is 49.4 Å². The summed E-state index contributed by atoms with van der Waals surface area (Å²) in [5, 5.41) is 11.0. The smallest absolute Gasteiger partial charge is 0.322 e. The van der Waals surface area contributed by atoms with Crippen molar-refractivity contribution in [2.75, 3.05) is 18.5 Å². The molecule has 140 valence electrons. The maximum Gasteiger partial charge on any atom is 0.322 e. The molecule has 27 heavy (non-hydrogen) atoms. The van der Waals surface area contributed by atoms with Crippen molar-refractivity contribution in [3.05, 3.63) is 52.5 Å². The molecule has 0 bridgehead atoms. The predicted octanol–water partition coefficient (Wildman–Crippen LogP) is 4.46. The van der Waals surface area contributed by atoms with E-state index in [2.05, 4.69) is 15.5 Å². The van der Waals surface area contributed by atoms with Crippen molar-refractivity contribution in [3.63, 3.8) is 0 Å². The molecule has 3 aromatic rings. The van der Waals surface area contributed by atoms with Crippen molar-refractivity contribution >= 4 is 35.1 Å². The molecule has 1 aromatic heterocycles. The number of nitrogens with one attached hydrogen (secondary N) is 1. The van der Waals surface area contributed by atoms with Crippen LogP contribution in [0.3, 0.4) is 0 Å². The number of rotatable bonds is 7. The van der Waals surface area contributed by atoms with Crippen LogP contribution in [-0.2, 0) is 4.79 Å². The maximum atomic E-state index is 12.0. The molecule has 0 aliphatic carbocycles. The largest absolute Gasteiger partial charge is 0.494 e. The first kappa shape index (κ1) is 19.0. The third kappa shape index (κ3) is 5.12.